The van der Waals surface area contributed by atoms with Crippen LogP contribution in [-0.4, -0.2) is 12.9 Å². The summed E-state index contributed by atoms with van der Waals surface area (Å²) in [5, 5.41) is 10.0. The van der Waals surface area contributed by atoms with Crippen molar-refractivity contribution in [3.05, 3.63) is 28.8 Å². The third-order valence-corrected chi connectivity index (χ3v) is 4.68. The lowest BCUT2D eigenvalue weighted by molar-refractivity contribution is -0.129. The Balaban J connectivity index is 2.38. The van der Waals surface area contributed by atoms with Gasteiger partial charge in [0.15, 0.2) is 5.78 Å². The van der Waals surface area contributed by atoms with E-state index in [1.807, 2.05) is 6.92 Å². The second-order valence-corrected chi connectivity index (χ2v) is 6.37. The topological polar surface area (TPSA) is 50.1 Å². The summed E-state index contributed by atoms with van der Waals surface area (Å²) in [5.74, 6) is -0.286. The second kappa shape index (κ2) is 6.49. The minimum atomic E-state index is -0.818. The maximum Gasteiger partial charge on any atom is 0.160 e. The van der Waals surface area contributed by atoms with Gasteiger partial charge in [-0.3, -0.25) is 4.79 Å². The van der Waals surface area contributed by atoms with Gasteiger partial charge in [0.1, 0.15) is 11.7 Å². The van der Waals surface area contributed by atoms with Crippen molar-refractivity contribution in [2.24, 2.45) is 5.41 Å². The molecular formula is C17H20ClNO2. The van der Waals surface area contributed by atoms with Gasteiger partial charge in [0.05, 0.1) is 13.2 Å². The lowest BCUT2D eigenvalue weighted by Crippen LogP contribution is -2.34. The molecule has 3 nitrogen and oxygen atoms in total. The molecule has 1 fully saturated rings. The summed E-state index contributed by atoms with van der Waals surface area (Å²) in [6.07, 6.45) is 4.97. The van der Waals surface area contributed by atoms with Gasteiger partial charge < -0.3 is 4.74 Å². The Morgan fingerprint density at radius 3 is 2.62 bits per heavy atom. The monoisotopic (exact) mass is 305 g/mol. The molecule has 0 radical (unpaired) electrons. The zero-order valence-electron chi connectivity index (χ0n) is 12.5. The van der Waals surface area contributed by atoms with E-state index in [1.54, 1.807) is 18.2 Å². The van der Waals surface area contributed by atoms with Crippen molar-refractivity contribution in [3.63, 3.8) is 0 Å². The number of methoxy groups -OCH3 is 1. The molecule has 4 heteroatoms. The maximum atomic E-state index is 12.9. The molecule has 0 N–H and O–H groups in total. The minimum Gasteiger partial charge on any atom is -0.496 e. The summed E-state index contributed by atoms with van der Waals surface area (Å²) in [4.78, 5) is 12.9. The average molecular weight is 306 g/mol. The van der Waals surface area contributed by atoms with Gasteiger partial charge in [0.2, 0.25) is 0 Å². The number of rotatable bonds is 4. The van der Waals surface area contributed by atoms with Crippen LogP contribution >= 0.6 is 11.6 Å². The number of Topliss-reactive ketones (excluding diaryl/α,β-unsaturated/α-hetero) is 1. The fourth-order valence-corrected chi connectivity index (χ4v) is 3.31. The van der Waals surface area contributed by atoms with Crippen LogP contribution in [0.15, 0.2) is 18.2 Å². The molecule has 112 valence electrons. The predicted octanol–water partition coefficient (Wildman–Crippen LogP) is 4.50. The van der Waals surface area contributed by atoms with E-state index < -0.39 is 11.3 Å². The van der Waals surface area contributed by atoms with Crippen LogP contribution in [0.4, 0.5) is 0 Å². The zero-order valence-corrected chi connectivity index (χ0v) is 13.2. The van der Waals surface area contributed by atoms with E-state index in [2.05, 4.69) is 6.07 Å². The molecule has 0 heterocycles. The molecule has 1 aliphatic carbocycles. The van der Waals surface area contributed by atoms with E-state index in [9.17, 15) is 10.1 Å². The first-order valence-corrected chi connectivity index (χ1v) is 7.67. The highest BCUT2D eigenvalue weighted by Crippen LogP contribution is 2.42. The Kier molecular flexibility index (Phi) is 4.90. The van der Waals surface area contributed by atoms with Crippen molar-refractivity contribution in [3.8, 4) is 11.8 Å². The van der Waals surface area contributed by atoms with Gasteiger partial charge in [-0.05, 0) is 31.0 Å². The molecule has 0 amide bonds. The summed E-state index contributed by atoms with van der Waals surface area (Å²) in [7, 11) is 1.54. The molecule has 21 heavy (non-hydrogen) atoms. The molecule has 0 spiro atoms. The quantitative estimate of drug-likeness (QED) is 0.823. The fourth-order valence-electron chi connectivity index (χ4n) is 3.13. The van der Waals surface area contributed by atoms with Crippen LogP contribution in [0, 0.1) is 16.7 Å². The molecule has 0 aliphatic heterocycles. The number of ether oxygens (including phenoxy) is 1. The van der Waals surface area contributed by atoms with Gasteiger partial charge in [-0.15, -0.1) is 0 Å². The molecular weight excluding hydrogens is 286 g/mol. The summed E-state index contributed by atoms with van der Waals surface area (Å²) < 4.78 is 5.29. The largest absolute Gasteiger partial charge is 0.496 e. The molecule has 1 aromatic carbocycles. The second-order valence-electron chi connectivity index (χ2n) is 5.93. The van der Waals surface area contributed by atoms with Crippen molar-refractivity contribution in [2.75, 3.05) is 7.11 Å². The normalized spacial score (nSPS) is 18.6. The van der Waals surface area contributed by atoms with Crippen molar-refractivity contribution < 1.29 is 9.53 Å². The third-order valence-electron chi connectivity index (χ3n) is 4.45. The van der Waals surface area contributed by atoms with Crippen molar-refractivity contribution in [1.29, 1.82) is 5.26 Å². The molecule has 1 saturated carbocycles. The number of carbonyl (C=O) groups is 1. The van der Waals surface area contributed by atoms with Crippen LogP contribution in [0.1, 0.15) is 50.5 Å². The summed E-state index contributed by atoms with van der Waals surface area (Å²) in [5.41, 5.74) is 0.163. The SMILES string of the molecule is COc1ccc(Cl)cc1C(C#N)C(=O)C1(C)CCCCC1. The Labute approximate surface area is 130 Å². The van der Waals surface area contributed by atoms with E-state index in [1.165, 1.54) is 13.5 Å². The smallest absolute Gasteiger partial charge is 0.160 e. The van der Waals surface area contributed by atoms with E-state index >= 15 is 0 Å². The average Bonchev–Trinajstić information content (AvgIpc) is 2.49. The first-order valence-electron chi connectivity index (χ1n) is 7.29. The highest BCUT2D eigenvalue weighted by molar-refractivity contribution is 6.30. The van der Waals surface area contributed by atoms with Gasteiger partial charge >= 0.3 is 0 Å². The van der Waals surface area contributed by atoms with Gasteiger partial charge in [0, 0.05) is 16.0 Å². The fraction of sp³-hybridized carbons (Fsp3) is 0.529. The summed E-state index contributed by atoms with van der Waals surface area (Å²) in [6, 6.07) is 7.23. The molecule has 1 aromatic rings. The van der Waals surface area contributed by atoms with E-state index in [4.69, 9.17) is 16.3 Å². The molecule has 0 aromatic heterocycles. The number of ketones is 1. The molecule has 0 saturated heterocycles. The minimum absolute atomic E-state index is 0.00901. The summed E-state index contributed by atoms with van der Waals surface area (Å²) in [6.45, 7) is 1.98. The van der Waals surface area contributed by atoms with Gasteiger partial charge in [-0.2, -0.15) is 5.26 Å². The van der Waals surface area contributed by atoms with E-state index in [0.717, 1.165) is 25.7 Å². The van der Waals surface area contributed by atoms with Crippen LogP contribution < -0.4 is 4.74 Å². The number of hydrogen-bond acceptors (Lipinski definition) is 3. The first-order chi connectivity index (χ1) is 10.0. The lowest BCUT2D eigenvalue weighted by atomic mass is 9.68. The molecule has 1 aliphatic rings. The Hall–Kier alpha value is -1.53. The lowest BCUT2D eigenvalue weighted by Gasteiger charge is -2.33. The molecule has 2 rings (SSSR count). The highest BCUT2D eigenvalue weighted by Gasteiger charge is 2.40. The van der Waals surface area contributed by atoms with E-state index in [0.29, 0.717) is 16.3 Å². The van der Waals surface area contributed by atoms with Crippen LogP contribution in [0.3, 0.4) is 0 Å². The molecule has 1 atom stereocenters. The van der Waals surface area contributed by atoms with Crippen LogP contribution in [0.2, 0.25) is 5.02 Å². The van der Waals surface area contributed by atoms with Crippen molar-refractivity contribution in [2.45, 2.75) is 44.9 Å². The third kappa shape index (κ3) is 3.22. The summed E-state index contributed by atoms with van der Waals surface area (Å²) >= 11 is 6.02. The number of nitriles is 1. The predicted molar refractivity (Wildman–Crippen MR) is 82.6 cm³/mol. The number of halogens is 1. The molecule has 0 bridgehead atoms. The first kappa shape index (κ1) is 15.9. The number of hydrogen-bond donors (Lipinski definition) is 0. The number of nitrogens with zero attached hydrogens (tertiary/aromatic N) is 1. The van der Waals surface area contributed by atoms with Crippen molar-refractivity contribution in [1.82, 2.24) is 0 Å². The molecule has 1 unspecified atom stereocenters. The highest BCUT2D eigenvalue weighted by atomic mass is 35.5. The van der Waals surface area contributed by atoms with Gasteiger partial charge in [-0.25, -0.2) is 0 Å². The van der Waals surface area contributed by atoms with Gasteiger partial charge in [-0.1, -0.05) is 37.8 Å². The zero-order chi connectivity index (χ0) is 15.5. The number of carbonyl (C=O) groups excluding carboxylic acids is 1. The maximum absolute atomic E-state index is 12.9. The van der Waals surface area contributed by atoms with Crippen LogP contribution in [0.5, 0.6) is 5.75 Å². The van der Waals surface area contributed by atoms with Crippen molar-refractivity contribution >= 4 is 17.4 Å². The van der Waals surface area contributed by atoms with Crippen LogP contribution in [0.25, 0.3) is 0 Å². The van der Waals surface area contributed by atoms with Crippen LogP contribution in [-0.2, 0) is 4.79 Å². The Bertz CT molecular complexity index is 571. The standard InChI is InChI=1S/C17H20ClNO2/c1-17(8-4-3-5-9-17)16(20)14(11-19)13-10-12(18)6-7-15(13)21-2/h6-7,10,14H,3-5,8-9H2,1-2H3. The Morgan fingerprint density at radius 2 is 2.05 bits per heavy atom. The van der Waals surface area contributed by atoms with E-state index in [-0.39, 0.29) is 5.78 Å². The number of benzene rings is 1. The Morgan fingerprint density at radius 1 is 1.38 bits per heavy atom. The van der Waals surface area contributed by atoms with Gasteiger partial charge in [0.25, 0.3) is 0 Å².